The molecule has 0 aliphatic rings. The maximum Gasteiger partial charge on any atom is 0.269 e. The number of nitro groups is 1. The van der Waals surface area contributed by atoms with E-state index in [4.69, 9.17) is 21.9 Å². The van der Waals surface area contributed by atoms with Gasteiger partial charge in [-0.2, -0.15) is 0 Å². The SMILES string of the molecule is CC(C)(C)OC(N)C(=O)N[C@@H](CCCN=C(N)N)C(=O)Nc1ccc([N+](=O)[O-])cc1. The molecule has 0 aliphatic carbocycles. The number of non-ortho nitro benzene ring substituents is 1. The molecule has 0 radical (unpaired) electrons. The minimum absolute atomic E-state index is 0.0773. The number of nitrogens with zero attached hydrogens (tertiary/aromatic N) is 2. The second-order valence-electron chi connectivity index (χ2n) is 7.45. The van der Waals surface area contributed by atoms with Crippen molar-refractivity contribution < 1.29 is 19.2 Å². The average molecular weight is 423 g/mol. The van der Waals surface area contributed by atoms with Crippen LogP contribution in [0.2, 0.25) is 0 Å². The summed E-state index contributed by atoms with van der Waals surface area (Å²) in [6.07, 6.45) is -0.632. The third kappa shape index (κ3) is 9.30. The zero-order valence-electron chi connectivity index (χ0n) is 17.3. The van der Waals surface area contributed by atoms with Crippen molar-refractivity contribution in [3.05, 3.63) is 34.4 Å². The number of aliphatic imine (C=N–C) groups is 1. The number of carbonyl (C=O) groups is 2. The van der Waals surface area contributed by atoms with E-state index in [-0.39, 0.29) is 24.6 Å². The Labute approximate surface area is 174 Å². The molecule has 0 spiro atoms. The van der Waals surface area contributed by atoms with Crippen molar-refractivity contribution in [3.63, 3.8) is 0 Å². The van der Waals surface area contributed by atoms with E-state index in [9.17, 15) is 19.7 Å². The Kier molecular flexibility index (Phi) is 9.15. The van der Waals surface area contributed by atoms with Gasteiger partial charge in [0.15, 0.2) is 12.2 Å². The molecule has 0 aliphatic heterocycles. The Morgan fingerprint density at radius 3 is 2.30 bits per heavy atom. The Morgan fingerprint density at radius 1 is 1.20 bits per heavy atom. The first kappa shape index (κ1) is 24.8. The standard InChI is InChI=1S/C18H29N7O5/c1-18(2,3)30-14(19)16(27)24-13(5-4-10-22-17(20)21)15(26)23-11-6-8-12(9-7-11)25(28)29/h6-9,13-14H,4-5,10,19H2,1-3H3,(H,23,26)(H,24,27)(H4,20,21,22)/t13-,14?/m0/s1. The summed E-state index contributed by atoms with van der Waals surface area (Å²) in [4.78, 5) is 39.1. The number of nitro benzene ring substituents is 1. The topological polar surface area (TPSA) is 201 Å². The number of nitrogens with two attached hydrogens (primary N) is 3. The molecule has 1 aromatic carbocycles. The zero-order valence-corrected chi connectivity index (χ0v) is 17.3. The van der Waals surface area contributed by atoms with Gasteiger partial charge in [0.2, 0.25) is 5.91 Å². The Hall–Kier alpha value is -3.25. The third-order valence-corrected chi connectivity index (χ3v) is 3.66. The smallest absolute Gasteiger partial charge is 0.269 e. The second-order valence-corrected chi connectivity index (χ2v) is 7.45. The van der Waals surface area contributed by atoms with Gasteiger partial charge in [0.25, 0.3) is 11.6 Å². The summed E-state index contributed by atoms with van der Waals surface area (Å²) in [5, 5.41) is 15.9. The summed E-state index contributed by atoms with van der Waals surface area (Å²) in [6, 6.07) is 4.35. The van der Waals surface area contributed by atoms with Crippen LogP contribution in [-0.2, 0) is 14.3 Å². The van der Waals surface area contributed by atoms with Gasteiger partial charge in [0.05, 0.1) is 10.5 Å². The van der Waals surface area contributed by atoms with E-state index in [1.54, 1.807) is 20.8 Å². The molecule has 1 aromatic rings. The van der Waals surface area contributed by atoms with E-state index in [1.807, 2.05) is 0 Å². The van der Waals surface area contributed by atoms with Crippen molar-refractivity contribution in [3.8, 4) is 0 Å². The van der Waals surface area contributed by atoms with Crippen LogP contribution >= 0.6 is 0 Å². The second kappa shape index (κ2) is 11.1. The van der Waals surface area contributed by atoms with E-state index < -0.39 is 34.6 Å². The van der Waals surface area contributed by atoms with Crippen molar-refractivity contribution in [1.82, 2.24) is 5.32 Å². The number of carbonyl (C=O) groups excluding carboxylic acids is 2. The van der Waals surface area contributed by atoms with E-state index in [0.717, 1.165) is 0 Å². The van der Waals surface area contributed by atoms with Gasteiger partial charge in [0, 0.05) is 24.4 Å². The first-order chi connectivity index (χ1) is 13.9. The fraction of sp³-hybridized carbons (Fsp3) is 0.500. The molecule has 2 atom stereocenters. The van der Waals surface area contributed by atoms with Gasteiger partial charge in [0.1, 0.15) is 6.04 Å². The maximum atomic E-state index is 12.7. The molecule has 8 N–H and O–H groups in total. The number of rotatable bonds is 10. The quantitative estimate of drug-likeness (QED) is 0.0874. The highest BCUT2D eigenvalue weighted by Crippen LogP contribution is 2.16. The zero-order chi connectivity index (χ0) is 22.9. The lowest BCUT2D eigenvalue weighted by Crippen LogP contribution is -2.52. The molecule has 0 saturated heterocycles. The first-order valence-corrected chi connectivity index (χ1v) is 9.23. The first-order valence-electron chi connectivity index (χ1n) is 9.23. The Bertz CT molecular complexity index is 770. The van der Waals surface area contributed by atoms with Gasteiger partial charge < -0.3 is 26.8 Å². The molecule has 0 aromatic heterocycles. The van der Waals surface area contributed by atoms with Gasteiger partial charge in [-0.25, -0.2) is 0 Å². The Balaban J connectivity index is 2.84. The van der Waals surface area contributed by atoms with Crippen molar-refractivity contribution >= 4 is 29.1 Å². The largest absolute Gasteiger partial charge is 0.370 e. The number of hydrogen-bond donors (Lipinski definition) is 5. The van der Waals surface area contributed by atoms with Gasteiger partial charge in [-0.1, -0.05) is 0 Å². The lowest BCUT2D eigenvalue weighted by Gasteiger charge is -2.26. The molecule has 0 bridgehead atoms. The average Bonchev–Trinajstić information content (AvgIpc) is 2.62. The fourth-order valence-corrected chi connectivity index (χ4v) is 2.36. The van der Waals surface area contributed by atoms with Crippen LogP contribution in [0.5, 0.6) is 0 Å². The van der Waals surface area contributed by atoms with E-state index in [1.165, 1.54) is 24.3 Å². The van der Waals surface area contributed by atoms with Crippen LogP contribution in [0, 0.1) is 10.1 Å². The molecule has 12 nitrogen and oxygen atoms in total. The lowest BCUT2D eigenvalue weighted by atomic mass is 10.1. The summed E-state index contributed by atoms with van der Waals surface area (Å²) in [5.41, 5.74) is 15.9. The molecule has 2 amide bonds. The normalized spacial score (nSPS) is 13.1. The van der Waals surface area contributed by atoms with Crippen LogP contribution in [0.1, 0.15) is 33.6 Å². The number of hydrogen-bond acceptors (Lipinski definition) is 7. The third-order valence-electron chi connectivity index (χ3n) is 3.66. The number of nitrogens with one attached hydrogen (secondary N) is 2. The molecule has 30 heavy (non-hydrogen) atoms. The van der Waals surface area contributed by atoms with Crippen molar-refractivity contribution in [1.29, 1.82) is 0 Å². The van der Waals surface area contributed by atoms with Gasteiger partial charge in [-0.3, -0.25) is 30.4 Å². The molecule has 0 heterocycles. The number of guanidine groups is 1. The highest BCUT2D eigenvalue weighted by Gasteiger charge is 2.27. The predicted octanol–water partition coefficient (Wildman–Crippen LogP) is 0.172. The summed E-state index contributed by atoms with van der Waals surface area (Å²) < 4.78 is 5.41. The van der Waals surface area contributed by atoms with Crippen LogP contribution in [0.15, 0.2) is 29.3 Å². The lowest BCUT2D eigenvalue weighted by molar-refractivity contribution is -0.384. The van der Waals surface area contributed by atoms with Crippen molar-refractivity contribution in [2.45, 2.75) is 51.5 Å². The highest BCUT2D eigenvalue weighted by molar-refractivity contribution is 5.97. The minimum atomic E-state index is -1.27. The molecule has 166 valence electrons. The highest BCUT2D eigenvalue weighted by atomic mass is 16.6. The number of ether oxygens (including phenoxy) is 1. The number of anilines is 1. The fourth-order valence-electron chi connectivity index (χ4n) is 2.36. The monoisotopic (exact) mass is 423 g/mol. The summed E-state index contributed by atoms with van der Waals surface area (Å²) >= 11 is 0. The Morgan fingerprint density at radius 2 is 1.80 bits per heavy atom. The number of benzene rings is 1. The minimum Gasteiger partial charge on any atom is -0.370 e. The molecule has 1 unspecified atom stereocenters. The van der Waals surface area contributed by atoms with Crippen LogP contribution < -0.4 is 27.8 Å². The van der Waals surface area contributed by atoms with Crippen molar-refractivity contribution in [2.24, 2.45) is 22.2 Å². The van der Waals surface area contributed by atoms with E-state index >= 15 is 0 Å². The van der Waals surface area contributed by atoms with E-state index in [2.05, 4.69) is 15.6 Å². The van der Waals surface area contributed by atoms with E-state index in [0.29, 0.717) is 12.1 Å². The molecule has 12 heteroatoms. The predicted molar refractivity (Wildman–Crippen MR) is 112 cm³/mol. The van der Waals surface area contributed by atoms with Crippen LogP contribution in [-0.4, -0.2) is 47.1 Å². The summed E-state index contributed by atoms with van der Waals surface area (Å²) in [7, 11) is 0. The number of amides is 2. The molecule has 1 rings (SSSR count). The molecule has 0 fully saturated rings. The van der Waals surface area contributed by atoms with Gasteiger partial charge in [-0.05, 0) is 45.7 Å². The maximum absolute atomic E-state index is 12.7. The van der Waals surface area contributed by atoms with Crippen LogP contribution in [0.3, 0.4) is 0 Å². The van der Waals surface area contributed by atoms with Crippen LogP contribution in [0.25, 0.3) is 0 Å². The van der Waals surface area contributed by atoms with Crippen LogP contribution in [0.4, 0.5) is 11.4 Å². The van der Waals surface area contributed by atoms with Gasteiger partial charge in [-0.15, -0.1) is 0 Å². The summed E-state index contributed by atoms with van der Waals surface area (Å²) in [5.74, 6) is -1.26. The van der Waals surface area contributed by atoms with Crippen molar-refractivity contribution in [2.75, 3.05) is 11.9 Å². The summed E-state index contributed by atoms with van der Waals surface area (Å²) in [6.45, 7) is 5.50. The molecular formula is C18H29N7O5. The van der Waals surface area contributed by atoms with Gasteiger partial charge >= 0.3 is 0 Å². The molecular weight excluding hydrogens is 394 g/mol. The molecule has 0 saturated carbocycles.